The van der Waals surface area contributed by atoms with Crippen molar-refractivity contribution in [1.29, 1.82) is 0 Å². The van der Waals surface area contributed by atoms with Crippen LogP contribution in [-0.4, -0.2) is 18.1 Å². The number of rotatable bonds is 2. The van der Waals surface area contributed by atoms with E-state index < -0.39 is 0 Å². The zero-order valence-corrected chi connectivity index (χ0v) is 11.4. The summed E-state index contributed by atoms with van der Waals surface area (Å²) in [6.07, 6.45) is 4.63. The molecule has 0 bridgehead atoms. The van der Waals surface area contributed by atoms with Gasteiger partial charge in [0.05, 0.1) is 12.7 Å². The highest BCUT2D eigenvalue weighted by molar-refractivity contribution is 5.85. The Balaban J connectivity index is 0.00000133. The molecule has 0 saturated carbocycles. The van der Waals surface area contributed by atoms with Gasteiger partial charge in [-0.25, -0.2) is 0 Å². The largest absolute Gasteiger partial charge is 0.372 e. The molecule has 0 aliphatic carbocycles. The van der Waals surface area contributed by atoms with E-state index in [1.165, 1.54) is 22.3 Å². The molecule has 0 spiro atoms. The van der Waals surface area contributed by atoms with E-state index >= 15 is 0 Å². The number of benzene rings is 1. The number of hydrogen-bond donors (Lipinski definition) is 1. The van der Waals surface area contributed by atoms with Crippen LogP contribution in [0.4, 0.5) is 0 Å². The lowest BCUT2D eigenvalue weighted by Crippen LogP contribution is -2.23. The van der Waals surface area contributed by atoms with Crippen LogP contribution >= 0.6 is 12.4 Å². The summed E-state index contributed by atoms with van der Waals surface area (Å²) >= 11 is 0. The maximum absolute atomic E-state index is 5.77. The minimum Gasteiger partial charge on any atom is -0.372 e. The molecule has 2 heterocycles. The minimum absolute atomic E-state index is 0. The second-order valence-corrected chi connectivity index (χ2v) is 4.49. The van der Waals surface area contributed by atoms with Crippen LogP contribution in [0.1, 0.15) is 17.2 Å². The molecular formula is C15H17ClN2O. The highest BCUT2D eigenvalue weighted by Gasteiger charge is 2.19. The number of nitrogens with zero attached hydrogens (tertiary/aromatic N) is 1. The Hall–Kier alpha value is -1.42. The van der Waals surface area contributed by atoms with E-state index in [0.717, 1.165) is 13.0 Å². The third-order valence-corrected chi connectivity index (χ3v) is 3.41. The molecule has 2 aromatic rings. The van der Waals surface area contributed by atoms with E-state index in [-0.39, 0.29) is 18.5 Å². The average molecular weight is 277 g/mol. The molecule has 1 unspecified atom stereocenters. The van der Waals surface area contributed by atoms with Crippen LogP contribution in [0.3, 0.4) is 0 Å². The lowest BCUT2D eigenvalue weighted by atomic mass is 9.93. The number of ether oxygens (including phenoxy) is 1. The first kappa shape index (κ1) is 14.0. The zero-order chi connectivity index (χ0) is 12.4. The van der Waals surface area contributed by atoms with E-state index in [1.807, 2.05) is 24.5 Å². The van der Waals surface area contributed by atoms with E-state index in [1.54, 1.807) is 0 Å². The first-order chi connectivity index (χ1) is 8.88. The fourth-order valence-corrected chi connectivity index (χ4v) is 2.44. The smallest absolute Gasteiger partial charge is 0.0950 e. The molecule has 100 valence electrons. The second-order valence-electron chi connectivity index (χ2n) is 4.49. The van der Waals surface area contributed by atoms with E-state index in [4.69, 9.17) is 10.5 Å². The molecule has 1 aliphatic heterocycles. The molecule has 0 radical (unpaired) electrons. The van der Waals surface area contributed by atoms with Gasteiger partial charge in [0.15, 0.2) is 0 Å². The van der Waals surface area contributed by atoms with Crippen molar-refractivity contribution in [2.75, 3.05) is 13.2 Å². The standard InChI is InChI=1S/C15H16N2O.ClH/c16-10-15-14-9-13(11-3-6-17-7-4-11)2-1-12(14)5-8-18-15;/h1-4,6-7,9,15H,5,8,10,16H2;1H. The van der Waals surface area contributed by atoms with Crippen LogP contribution in [0.25, 0.3) is 11.1 Å². The Kier molecular flexibility index (Phi) is 4.53. The number of halogens is 1. The van der Waals surface area contributed by atoms with Gasteiger partial charge in [0.1, 0.15) is 0 Å². The van der Waals surface area contributed by atoms with Gasteiger partial charge in [0.25, 0.3) is 0 Å². The van der Waals surface area contributed by atoms with Gasteiger partial charge in [-0.3, -0.25) is 4.98 Å². The van der Waals surface area contributed by atoms with Crippen molar-refractivity contribution in [1.82, 2.24) is 4.98 Å². The molecule has 1 aromatic carbocycles. The van der Waals surface area contributed by atoms with Crippen LogP contribution in [0.15, 0.2) is 42.7 Å². The lowest BCUT2D eigenvalue weighted by Gasteiger charge is -2.25. The molecule has 1 aromatic heterocycles. The van der Waals surface area contributed by atoms with Gasteiger partial charge < -0.3 is 10.5 Å². The third-order valence-electron chi connectivity index (χ3n) is 3.41. The van der Waals surface area contributed by atoms with Gasteiger partial charge in [-0.15, -0.1) is 12.4 Å². The first-order valence-electron chi connectivity index (χ1n) is 6.23. The number of hydrogen-bond acceptors (Lipinski definition) is 3. The fourth-order valence-electron chi connectivity index (χ4n) is 2.44. The Morgan fingerprint density at radius 1 is 1.16 bits per heavy atom. The van der Waals surface area contributed by atoms with Gasteiger partial charge in [-0.2, -0.15) is 0 Å². The fraction of sp³-hybridized carbons (Fsp3) is 0.267. The normalized spacial score (nSPS) is 17.4. The van der Waals surface area contributed by atoms with Gasteiger partial charge >= 0.3 is 0 Å². The van der Waals surface area contributed by atoms with Crippen LogP contribution in [-0.2, 0) is 11.2 Å². The Morgan fingerprint density at radius 3 is 2.68 bits per heavy atom. The molecule has 1 aliphatic rings. The molecule has 3 nitrogen and oxygen atoms in total. The molecule has 0 saturated heterocycles. The van der Waals surface area contributed by atoms with E-state index in [0.29, 0.717) is 6.54 Å². The number of nitrogens with two attached hydrogens (primary N) is 1. The van der Waals surface area contributed by atoms with Gasteiger partial charge in [-0.05, 0) is 46.9 Å². The lowest BCUT2D eigenvalue weighted by molar-refractivity contribution is 0.0485. The maximum Gasteiger partial charge on any atom is 0.0950 e. The Bertz CT molecular complexity index is 545. The molecule has 4 heteroatoms. The van der Waals surface area contributed by atoms with Gasteiger partial charge in [-0.1, -0.05) is 12.1 Å². The summed E-state index contributed by atoms with van der Waals surface area (Å²) in [5.41, 5.74) is 10.7. The molecular weight excluding hydrogens is 260 g/mol. The van der Waals surface area contributed by atoms with Crippen LogP contribution in [0.5, 0.6) is 0 Å². The number of pyridine rings is 1. The summed E-state index contributed by atoms with van der Waals surface area (Å²) in [7, 11) is 0. The summed E-state index contributed by atoms with van der Waals surface area (Å²) in [5, 5.41) is 0. The summed E-state index contributed by atoms with van der Waals surface area (Å²) < 4.78 is 5.71. The molecule has 0 fully saturated rings. The maximum atomic E-state index is 5.77. The van der Waals surface area contributed by atoms with Crippen molar-refractivity contribution < 1.29 is 4.74 Å². The predicted octanol–water partition coefficient (Wildman–Crippen LogP) is 2.74. The Labute approximate surface area is 119 Å². The predicted molar refractivity (Wildman–Crippen MR) is 78.4 cm³/mol. The highest BCUT2D eigenvalue weighted by Crippen LogP contribution is 2.30. The Morgan fingerprint density at radius 2 is 1.95 bits per heavy atom. The van der Waals surface area contributed by atoms with E-state index in [9.17, 15) is 0 Å². The van der Waals surface area contributed by atoms with Crippen molar-refractivity contribution in [2.24, 2.45) is 5.73 Å². The van der Waals surface area contributed by atoms with Gasteiger partial charge in [0.2, 0.25) is 0 Å². The number of fused-ring (bicyclic) bond motifs is 1. The molecule has 19 heavy (non-hydrogen) atoms. The number of aromatic nitrogens is 1. The summed E-state index contributed by atoms with van der Waals surface area (Å²) in [6, 6.07) is 10.6. The SMILES string of the molecule is Cl.NCC1OCCc2ccc(-c3ccncc3)cc21. The third kappa shape index (κ3) is 2.78. The molecule has 3 rings (SSSR count). The second kappa shape index (κ2) is 6.15. The van der Waals surface area contributed by atoms with E-state index in [2.05, 4.69) is 23.2 Å². The zero-order valence-electron chi connectivity index (χ0n) is 10.6. The van der Waals surface area contributed by atoms with Crippen molar-refractivity contribution in [2.45, 2.75) is 12.5 Å². The first-order valence-corrected chi connectivity index (χ1v) is 6.23. The monoisotopic (exact) mass is 276 g/mol. The van der Waals surface area contributed by atoms with Crippen molar-refractivity contribution in [3.8, 4) is 11.1 Å². The van der Waals surface area contributed by atoms with Crippen LogP contribution in [0.2, 0.25) is 0 Å². The highest BCUT2D eigenvalue weighted by atomic mass is 35.5. The van der Waals surface area contributed by atoms with Gasteiger partial charge in [0, 0.05) is 18.9 Å². The summed E-state index contributed by atoms with van der Waals surface area (Å²) in [5.74, 6) is 0. The average Bonchev–Trinajstić information content (AvgIpc) is 2.47. The molecule has 0 amide bonds. The minimum atomic E-state index is 0. The summed E-state index contributed by atoms with van der Waals surface area (Å²) in [6.45, 7) is 1.30. The van der Waals surface area contributed by atoms with Crippen LogP contribution in [0, 0.1) is 0 Å². The van der Waals surface area contributed by atoms with Crippen molar-refractivity contribution >= 4 is 12.4 Å². The quantitative estimate of drug-likeness (QED) is 0.917. The summed E-state index contributed by atoms with van der Waals surface area (Å²) in [4.78, 5) is 4.04. The van der Waals surface area contributed by atoms with Crippen molar-refractivity contribution in [3.05, 3.63) is 53.9 Å². The topological polar surface area (TPSA) is 48.1 Å². The molecule has 1 atom stereocenters. The van der Waals surface area contributed by atoms with Crippen LogP contribution < -0.4 is 5.73 Å². The van der Waals surface area contributed by atoms with Crippen molar-refractivity contribution in [3.63, 3.8) is 0 Å². The molecule has 2 N–H and O–H groups in total.